The quantitative estimate of drug-likeness (QED) is 0.668. The zero-order chi connectivity index (χ0) is 19.1. The summed E-state index contributed by atoms with van der Waals surface area (Å²) >= 11 is 0. The third-order valence-corrected chi connectivity index (χ3v) is 4.74. The maximum atomic E-state index is 14.0. The Hall–Kier alpha value is -2.91. The first-order valence-electron chi connectivity index (χ1n) is 9.10. The molecule has 3 rings (SSSR count). The van der Waals surface area contributed by atoms with Gasteiger partial charge in [0.1, 0.15) is 5.82 Å². The zero-order valence-electron chi connectivity index (χ0n) is 15.5. The number of nitrogens with zero attached hydrogens (tertiary/aromatic N) is 4. The summed E-state index contributed by atoms with van der Waals surface area (Å²) < 4.78 is 14.0. The molecule has 1 aliphatic heterocycles. The molecule has 2 aromatic carbocycles. The number of nitriles is 1. The van der Waals surface area contributed by atoms with E-state index < -0.39 is 0 Å². The Morgan fingerprint density at radius 3 is 2.56 bits per heavy atom. The van der Waals surface area contributed by atoms with Crippen LogP contribution < -0.4 is 5.32 Å². The van der Waals surface area contributed by atoms with Crippen LogP contribution in [-0.4, -0.2) is 49.0 Å². The molecule has 0 radical (unpaired) electrons. The molecule has 0 unspecified atom stereocenters. The molecule has 0 atom stereocenters. The van der Waals surface area contributed by atoms with Crippen LogP contribution in [0.1, 0.15) is 16.7 Å². The largest absolute Gasteiger partial charge is 0.352 e. The van der Waals surface area contributed by atoms with Gasteiger partial charge in [0.15, 0.2) is 5.96 Å². The van der Waals surface area contributed by atoms with E-state index in [2.05, 4.69) is 44.4 Å². The van der Waals surface area contributed by atoms with Crippen molar-refractivity contribution >= 4 is 5.96 Å². The molecule has 1 fully saturated rings. The maximum absolute atomic E-state index is 14.0. The van der Waals surface area contributed by atoms with Gasteiger partial charge in [-0.3, -0.25) is 9.89 Å². The fourth-order valence-corrected chi connectivity index (χ4v) is 3.25. The fourth-order valence-electron chi connectivity index (χ4n) is 3.25. The molecule has 1 aliphatic rings. The standard InChI is InChI=1S/C21H24FN5/c1-24-21(25-15-19-13-18(14-23)7-8-20(19)22)27-11-9-26(10-12-27)16-17-5-3-2-4-6-17/h2-8,13H,9-12,15-16H2,1H3,(H,24,25). The van der Waals surface area contributed by atoms with Crippen LogP contribution in [0.15, 0.2) is 53.5 Å². The van der Waals surface area contributed by atoms with Crippen LogP contribution in [0, 0.1) is 17.1 Å². The Morgan fingerprint density at radius 1 is 1.15 bits per heavy atom. The van der Waals surface area contributed by atoms with Crippen LogP contribution in [0.4, 0.5) is 4.39 Å². The number of nitrogens with one attached hydrogen (secondary N) is 1. The van der Waals surface area contributed by atoms with Crippen molar-refractivity contribution in [1.82, 2.24) is 15.1 Å². The predicted molar refractivity (Wildman–Crippen MR) is 105 cm³/mol. The summed E-state index contributed by atoms with van der Waals surface area (Å²) in [5, 5.41) is 12.2. The van der Waals surface area contributed by atoms with E-state index in [-0.39, 0.29) is 5.82 Å². The maximum Gasteiger partial charge on any atom is 0.194 e. The van der Waals surface area contributed by atoms with Crippen molar-refractivity contribution in [2.75, 3.05) is 33.2 Å². The average molecular weight is 365 g/mol. The van der Waals surface area contributed by atoms with Gasteiger partial charge in [-0.25, -0.2) is 4.39 Å². The number of halogens is 1. The lowest BCUT2D eigenvalue weighted by Crippen LogP contribution is -2.52. The molecule has 5 nitrogen and oxygen atoms in total. The summed E-state index contributed by atoms with van der Waals surface area (Å²) in [6, 6.07) is 16.9. The lowest BCUT2D eigenvalue weighted by atomic mass is 10.1. The first-order chi connectivity index (χ1) is 13.2. The van der Waals surface area contributed by atoms with Gasteiger partial charge in [-0.05, 0) is 23.8 Å². The second kappa shape index (κ2) is 9.15. The van der Waals surface area contributed by atoms with E-state index in [4.69, 9.17) is 5.26 Å². The first-order valence-corrected chi connectivity index (χ1v) is 9.10. The molecule has 6 heteroatoms. The number of benzene rings is 2. The Bertz CT molecular complexity index is 820. The fraction of sp³-hybridized carbons (Fsp3) is 0.333. The van der Waals surface area contributed by atoms with Crippen molar-refractivity contribution in [3.63, 3.8) is 0 Å². The monoisotopic (exact) mass is 365 g/mol. The molecule has 27 heavy (non-hydrogen) atoms. The van der Waals surface area contributed by atoms with E-state index in [9.17, 15) is 4.39 Å². The highest BCUT2D eigenvalue weighted by atomic mass is 19.1. The molecule has 0 amide bonds. The van der Waals surface area contributed by atoms with Crippen molar-refractivity contribution in [2.24, 2.45) is 4.99 Å². The average Bonchev–Trinajstić information content (AvgIpc) is 2.71. The Kier molecular flexibility index (Phi) is 6.39. The SMILES string of the molecule is CN=C(NCc1cc(C#N)ccc1F)N1CCN(Cc2ccccc2)CC1. The summed E-state index contributed by atoms with van der Waals surface area (Å²) in [5.41, 5.74) is 2.25. The zero-order valence-corrected chi connectivity index (χ0v) is 15.5. The van der Waals surface area contributed by atoms with Gasteiger partial charge in [-0.2, -0.15) is 5.26 Å². The van der Waals surface area contributed by atoms with Gasteiger partial charge in [-0.1, -0.05) is 30.3 Å². The number of piperazine rings is 1. The summed E-state index contributed by atoms with van der Waals surface area (Å²) in [6.07, 6.45) is 0. The van der Waals surface area contributed by atoms with Crippen LogP contribution >= 0.6 is 0 Å². The first kappa shape index (κ1) is 18.9. The minimum absolute atomic E-state index is 0.304. The molecular weight excluding hydrogens is 341 g/mol. The number of aliphatic imine (C=N–C) groups is 1. The molecule has 0 bridgehead atoms. The van der Waals surface area contributed by atoms with E-state index in [1.54, 1.807) is 13.1 Å². The highest BCUT2D eigenvalue weighted by Crippen LogP contribution is 2.11. The second-order valence-electron chi connectivity index (χ2n) is 6.57. The van der Waals surface area contributed by atoms with Gasteiger partial charge in [0, 0.05) is 51.9 Å². The van der Waals surface area contributed by atoms with Gasteiger partial charge in [-0.15, -0.1) is 0 Å². The van der Waals surface area contributed by atoms with Gasteiger partial charge in [0.2, 0.25) is 0 Å². The molecule has 2 aromatic rings. The molecule has 0 saturated carbocycles. The van der Waals surface area contributed by atoms with Crippen molar-refractivity contribution < 1.29 is 4.39 Å². The third kappa shape index (κ3) is 5.05. The smallest absolute Gasteiger partial charge is 0.194 e. The molecule has 1 heterocycles. The molecule has 0 spiro atoms. The van der Waals surface area contributed by atoms with Gasteiger partial charge in [0.25, 0.3) is 0 Å². The highest BCUT2D eigenvalue weighted by Gasteiger charge is 2.19. The topological polar surface area (TPSA) is 54.7 Å². The van der Waals surface area contributed by atoms with Crippen molar-refractivity contribution in [3.05, 3.63) is 71.0 Å². The summed E-state index contributed by atoms with van der Waals surface area (Å²) in [7, 11) is 1.74. The number of hydrogen-bond donors (Lipinski definition) is 1. The van der Waals surface area contributed by atoms with Crippen molar-refractivity contribution in [2.45, 2.75) is 13.1 Å². The van der Waals surface area contributed by atoms with Crippen LogP contribution in [0.25, 0.3) is 0 Å². The molecule has 0 aromatic heterocycles. The molecule has 1 saturated heterocycles. The highest BCUT2D eigenvalue weighted by molar-refractivity contribution is 5.80. The molecule has 1 N–H and O–H groups in total. The number of hydrogen-bond acceptors (Lipinski definition) is 3. The normalized spacial score (nSPS) is 15.4. The van der Waals surface area contributed by atoms with E-state index in [1.165, 1.54) is 17.7 Å². The Labute approximate surface area is 159 Å². The summed E-state index contributed by atoms with van der Waals surface area (Å²) in [4.78, 5) is 8.95. The summed E-state index contributed by atoms with van der Waals surface area (Å²) in [5.74, 6) is 0.445. The third-order valence-electron chi connectivity index (χ3n) is 4.74. The lowest BCUT2D eigenvalue weighted by Gasteiger charge is -2.36. The van der Waals surface area contributed by atoms with Crippen LogP contribution in [0.3, 0.4) is 0 Å². The Morgan fingerprint density at radius 2 is 1.89 bits per heavy atom. The van der Waals surface area contributed by atoms with E-state index in [0.717, 1.165) is 38.7 Å². The van der Waals surface area contributed by atoms with Gasteiger partial charge in [0.05, 0.1) is 11.6 Å². The molecular formula is C21H24FN5. The van der Waals surface area contributed by atoms with Crippen molar-refractivity contribution in [1.29, 1.82) is 5.26 Å². The van der Waals surface area contributed by atoms with Gasteiger partial charge >= 0.3 is 0 Å². The number of guanidine groups is 1. The second-order valence-corrected chi connectivity index (χ2v) is 6.57. The van der Waals surface area contributed by atoms with Gasteiger partial charge < -0.3 is 10.2 Å². The van der Waals surface area contributed by atoms with Crippen LogP contribution in [0.5, 0.6) is 0 Å². The van der Waals surface area contributed by atoms with Crippen LogP contribution in [0.2, 0.25) is 0 Å². The lowest BCUT2D eigenvalue weighted by molar-refractivity contribution is 0.172. The predicted octanol–water partition coefficient (Wildman–Crippen LogP) is 2.59. The minimum atomic E-state index is -0.315. The van der Waals surface area contributed by atoms with Crippen LogP contribution in [-0.2, 0) is 13.1 Å². The van der Waals surface area contributed by atoms with E-state index >= 15 is 0 Å². The molecule has 140 valence electrons. The van der Waals surface area contributed by atoms with E-state index in [1.807, 2.05) is 12.1 Å². The Balaban J connectivity index is 1.53. The molecule has 0 aliphatic carbocycles. The number of rotatable bonds is 4. The minimum Gasteiger partial charge on any atom is -0.352 e. The van der Waals surface area contributed by atoms with E-state index in [0.29, 0.717) is 17.7 Å². The summed E-state index contributed by atoms with van der Waals surface area (Å²) in [6.45, 7) is 4.90. The van der Waals surface area contributed by atoms with Crippen molar-refractivity contribution in [3.8, 4) is 6.07 Å².